The Morgan fingerprint density at radius 1 is 1.38 bits per heavy atom. The second-order valence-electron chi connectivity index (χ2n) is 1.50. The van der Waals surface area contributed by atoms with Crippen LogP contribution in [0.1, 0.15) is 0 Å². The Bertz CT molecular complexity index is 101. The summed E-state index contributed by atoms with van der Waals surface area (Å²) in [5.74, 6) is 0. The van der Waals surface area contributed by atoms with Crippen LogP contribution in [0.5, 0.6) is 0 Å². The third kappa shape index (κ3) is 1.66. The van der Waals surface area contributed by atoms with E-state index >= 15 is 0 Å². The maximum absolute atomic E-state index is 5.09. The minimum absolute atomic E-state index is 1.57. The molecule has 3 heteroatoms. The quantitative estimate of drug-likeness (QED) is 0.401. The molecule has 0 aromatic heterocycles. The highest BCUT2D eigenvalue weighted by Gasteiger charge is 2.24. The Balaban J connectivity index is 3.83. The molecular weight excluding hydrogens is 120 g/mol. The molecule has 0 aliphatic rings. The lowest BCUT2D eigenvalue weighted by Crippen LogP contribution is -2.34. The second-order valence-corrected chi connectivity index (χ2v) is 4.49. The fourth-order valence-corrected chi connectivity index (χ4v) is 0.604. The van der Waals surface area contributed by atoms with Crippen LogP contribution in [0.4, 0.5) is 0 Å². The van der Waals surface area contributed by atoms with E-state index in [-0.39, 0.29) is 0 Å². The molecule has 0 aromatic rings. The summed E-state index contributed by atoms with van der Waals surface area (Å²) in [4.78, 5) is 0. The van der Waals surface area contributed by atoms with Crippen LogP contribution in [-0.4, -0.2) is 22.8 Å². The Kier molecular flexibility index (Phi) is 2.76. The zero-order chi connectivity index (χ0) is 6.62. The van der Waals surface area contributed by atoms with Gasteiger partial charge in [0.05, 0.1) is 0 Å². The van der Waals surface area contributed by atoms with E-state index in [2.05, 4.69) is 5.54 Å². The predicted octanol–water partition coefficient (Wildman–Crippen LogP) is 0.524. The Hall–Kier alpha value is -0.303. The van der Waals surface area contributed by atoms with Crippen molar-refractivity contribution in [1.82, 2.24) is 0 Å². The van der Waals surface area contributed by atoms with Crippen molar-refractivity contribution in [1.29, 1.82) is 0 Å². The topological polar surface area (TPSA) is 18.5 Å². The van der Waals surface area contributed by atoms with Crippen LogP contribution in [0.2, 0.25) is 6.55 Å². The van der Waals surface area contributed by atoms with Gasteiger partial charge in [0.25, 0.3) is 0 Å². The first-order chi connectivity index (χ1) is 3.68. The molecule has 0 aliphatic carbocycles. The maximum Gasteiger partial charge on any atom is 0.419 e. The van der Waals surface area contributed by atoms with E-state index in [0.717, 1.165) is 0 Å². The van der Waals surface area contributed by atoms with Gasteiger partial charge < -0.3 is 8.85 Å². The van der Waals surface area contributed by atoms with Crippen molar-refractivity contribution in [2.75, 3.05) is 14.2 Å². The summed E-state index contributed by atoms with van der Waals surface area (Å²) in [7, 11) is 0.987. The Morgan fingerprint density at radius 2 is 1.75 bits per heavy atom. The van der Waals surface area contributed by atoms with Crippen molar-refractivity contribution in [2.24, 2.45) is 0 Å². The van der Waals surface area contributed by atoms with Crippen molar-refractivity contribution in [2.45, 2.75) is 6.55 Å². The third-order valence-corrected chi connectivity index (χ3v) is 3.12. The van der Waals surface area contributed by atoms with E-state index in [0.29, 0.717) is 0 Å². The van der Waals surface area contributed by atoms with E-state index in [1.165, 1.54) is 0 Å². The molecule has 0 amide bonds. The summed E-state index contributed by atoms with van der Waals surface area (Å²) < 4.78 is 9.83. The Morgan fingerprint density at radius 3 is 1.75 bits per heavy atom. The lowest BCUT2D eigenvalue weighted by Gasteiger charge is -2.13. The molecule has 0 heterocycles. The van der Waals surface area contributed by atoms with Gasteiger partial charge in [0.1, 0.15) is 0 Å². The highest BCUT2D eigenvalue weighted by molar-refractivity contribution is 6.74. The summed E-state index contributed by atoms with van der Waals surface area (Å²) in [6.07, 6.45) is 5.09. The van der Waals surface area contributed by atoms with Crippen molar-refractivity contribution in [3.63, 3.8) is 0 Å². The van der Waals surface area contributed by atoms with Gasteiger partial charge in [-0.05, 0) is 6.55 Å². The highest BCUT2D eigenvalue weighted by atomic mass is 28.4. The molecule has 0 aromatic carbocycles. The highest BCUT2D eigenvalue weighted by Crippen LogP contribution is 1.99. The molecule has 0 saturated carbocycles. The fourth-order valence-electron chi connectivity index (χ4n) is 0.201. The van der Waals surface area contributed by atoms with Gasteiger partial charge in [-0.25, -0.2) is 0 Å². The van der Waals surface area contributed by atoms with Crippen LogP contribution >= 0.6 is 0 Å². The molecule has 0 atom stereocenters. The number of rotatable bonds is 2. The zero-order valence-electron chi connectivity index (χ0n) is 5.39. The average Bonchev–Trinajstić information content (AvgIpc) is 1.87. The summed E-state index contributed by atoms with van der Waals surface area (Å²) >= 11 is 0. The van der Waals surface area contributed by atoms with Crippen molar-refractivity contribution in [3.8, 4) is 12.0 Å². The van der Waals surface area contributed by atoms with Gasteiger partial charge >= 0.3 is 8.56 Å². The molecule has 0 saturated heterocycles. The molecule has 0 aliphatic heterocycles. The third-order valence-electron chi connectivity index (χ3n) is 1.04. The largest absolute Gasteiger partial charge is 0.419 e. The normalized spacial score (nSPS) is 10.8. The lowest BCUT2D eigenvalue weighted by atomic mass is 11.4. The van der Waals surface area contributed by atoms with Gasteiger partial charge in [0.2, 0.25) is 0 Å². The van der Waals surface area contributed by atoms with Crippen molar-refractivity contribution in [3.05, 3.63) is 0 Å². The smallest absolute Gasteiger partial charge is 0.389 e. The average molecular weight is 130 g/mol. The number of terminal acetylenes is 1. The van der Waals surface area contributed by atoms with E-state index < -0.39 is 8.56 Å². The first-order valence-electron chi connectivity index (χ1n) is 2.26. The van der Waals surface area contributed by atoms with Gasteiger partial charge in [-0.2, -0.15) is 0 Å². The number of hydrogen-bond donors (Lipinski definition) is 0. The van der Waals surface area contributed by atoms with E-state index in [1.54, 1.807) is 14.2 Å². The first-order valence-corrected chi connectivity index (χ1v) is 4.58. The van der Waals surface area contributed by atoms with Crippen LogP contribution in [-0.2, 0) is 8.85 Å². The second kappa shape index (κ2) is 2.87. The van der Waals surface area contributed by atoms with E-state index in [4.69, 9.17) is 15.3 Å². The van der Waals surface area contributed by atoms with Crippen LogP contribution < -0.4 is 0 Å². The molecule has 0 fully saturated rings. The Labute approximate surface area is 51.1 Å². The summed E-state index contributed by atoms with van der Waals surface area (Å²) in [6.45, 7) is 1.81. The summed E-state index contributed by atoms with van der Waals surface area (Å²) in [6, 6.07) is 0. The maximum atomic E-state index is 5.09. The lowest BCUT2D eigenvalue weighted by molar-refractivity contribution is 0.267. The van der Waals surface area contributed by atoms with Gasteiger partial charge in [0.15, 0.2) is 0 Å². The molecule has 0 rings (SSSR count). The molecule has 0 N–H and O–H groups in total. The van der Waals surface area contributed by atoms with Gasteiger partial charge in [0, 0.05) is 14.2 Å². The SMILES string of the molecule is C#C[Si](C)(OC)OC. The molecular formula is C5H10O2Si. The summed E-state index contributed by atoms with van der Waals surface area (Å²) in [5.41, 5.74) is 2.47. The van der Waals surface area contributed by atoms with Crippen LogP contribution in [0, 0.1) is 12.0 Å². The van der Waals surface area contributed by atoms with Crippen molar-refractivity contribution >= 4 is 8.56 Å². The number of hydrogen-bond acceptors (Lipinski definition) is 2. The van der Waals surface area contributed by atoms with Crippen LogP contribution in [0.15, 0.2) is 0 Å². The molecule has 8 heavy (non-hydrogen) atoms. The molecule has 2 nitrogen and oxygen atoms in total. The zero-order valence-corrected chi connectivity index (χ0v) is 6.39. The van der Waals surface area contributed by atoms with Gasteiger partial charge in [-0.1, -0.05) is 5.54 Å². The predicted molar refractivity (Wildman–Crippen MR) is 34.5 cm³/mol. The first kappa shape index (κ1) is 7.70. The van der Waals surface area contributed by atoms with Gasteiger partial charge in [-0.15, -0.1) is 6.42 Å². The fraction of sp³-hybridized carbons (Fsp3) is 0.600. The monoisotopic (exact) mass is 130 g/mol. The standard InChI is InChI=1S/C5H10O2Si/c1-5-8(4,6-2)7-3/h1H,2-4H3. The van der Waals surface area contributed by atoms with Crippen LogP contribution in [0.3, 0.4) is 0 Å². The van der Waals surface area contributed by atoms with Crippen molar-refractivity contribution < 1.29 is 8.85 Å². The molecule has 0 radical (unpaired) electrons. The minimum Gasteiger partial charge on any atom is -0.389 e. The van der Waals surface area contributed by atoms with E-state index in [1.807, 2.05) is 6.55 Å². The molecule has 46 valence electrons. The minimum atomic E-state index is -2.14. The van der Waals surface area contributed by atoms with E-state index in [9.17, 15) is 0 Å². The summed E-state index contributed by atoms with van der Waals surface area (Å²) in [5, 5.41) is 0. The molecule has 0 spiro atoms. The molecule has 0 unspecified atom stereocenters. The van der Waals surface area contributed by atoms with Crippen LogP contribution in [0.25, 0.3) is 0 Å². The molecule has 0 bridgehead atoms. The van der Waals surface area contributed by atoms with Gasteiger partial charge in [-0.3, -0.25) is 0 Å².